The van der Waals surface area contributed by atoms with Crippen LogP contribution in [0.3, 0.4) is 0 Å². The smallest absolute Gasteiger partial charge is 0.406 e. The zero-order chi connectivity index (χ0) is 18.6. The summed E-state index contributed by atoms with van der Waals surface area (Å²) in [6.07, 6.45) is -0.513. The van der Waals surface area contributed by atoms with Crippen molar-refractivity contribution in [3.8, 4) is 0 Å². The van der Waals surface area contributed by atoms with Crippen molar-refractivity contribution in [2.45, 2.75) is 75.7 Å². The van der Waals surface area contributed by atoms with Crippen LogP contribution >= 0.6 is 0 Å². The third kappa shape index (κ3) is 5.86. The molecule has 0 saturated heterocycles. The Morgan fingerprint density at radius 3 is 2.29 bits per heavy atom. The SMILES string of the molecule is CNC(=O)OCCCC(C(C)(C)C)S(=O)(=O)C1CCC(F)(F)CC1. The Labute approximate surface area is 143 Å². The minimum Gasteiger partial charge on any atom is -0.450 e. The van der Waals surface area contributed by atoms with E-state index in [1.807, 2.05) is 20.8 Å². The van der Waals surface area contributed by atoms with Gasteiger partial charge in [-0.15, -0.1) is 0 Å². The van der Waals surface area contributed by atoms with Crippen molar-refractivity contribution in [3.63, 3.8) is 0 Å². The van der Waals surface area contributed by atoms with Crippen LogP contribution in [0.4, 0.5) is 13.6 Å². The Bertz CT molecular complexity index is 519. The second kappa shape index (κ2) is 7.97. The number of carbonyl (C=O) groups is 1. The van der Waals surface area contributed by atoms with Gasteiger partial charge >= 0.3 is 6.09 Å². The van der Waals surface area contributed by atoms with Crippen LogP contribution in [0.5, 0.6) is 0 Å². The average Bonchev–Trinajstić information content (AvgIpc) is 2.44. The molecule has 1 unspecified atom stereocenters. The summed E-state index contributed by atoms with van der Waals surface area (Å²) in [6.45, 7) is 5.65. The first-order chi connectivity index (χ1) is 10.9. The largest absolute Gasteiger partial charge is 0.450 e. The fourth-order valence-electron chi connectivity index (χ4n) is 3.17. The summed E-state index contributed by atoms with van der Waals surface area (Å²) in [5, 5.41) is 0.972. The Morgan fingerprint density at radius 2 is 1.83 bits per heavy atom. The molecule has 1 aliphatic rings. The molecule has 0 bridgehead atoms. The van der Waals surface area contributed by atoms with E-state index in [0.29, 0.717) is 12.8 Å². The molecule has 1 saturated carbocycles. The predicted molar refractivity (Wildman–Crippen MR) is 89.0 cm³/mol. The number of hydrogen-bond donors (Lipinski definition) is 1. The standard InChI is InChI=1S/C16H29F2NO4S/c1-15(2,3)13(6-5-11-23-14(20)19-4)24(21,22)12-7-9-16(17,18)10-8-12/h12-13H,5-11H2,1-4H3,(H,19,20). The Morgan fingerprint density at radius 1 is 1.29 bits per heavy atom. The molecule has 1 fully saturated rings. The van der Waals surface area contributed by atoms with Crippen molar-refractivity contribution in [1.29, 1.82) is 0 Å². The Hall–Kier alpha value is -0.920. The van der Waals surface area contributed by atoms with E-state index in [0.717, 1.165) is 0 Å². The third-order valence-corrected chi connectivity index (χ3v) is 7.68. The highest BCUT2D eigenvalue weighted by Crippen LogP contribution is 2.40. The number of amides is 1. The van der Waals surface area contributed by atoms with E-state index in [4.69, 9.17) is 4.74 Å². The molecule has 0 heterocycles. The highest BCUT2D eigenvalue weighted by atomic mass is 32.2. The molecule has 1 N–H and O–H groups in total. The molecule has 0 aromatic rings. The van der Waals surface area contributed by atoms with Gasteiger partial charge < -0.3 is 10.1 Å². The number of hydrogen-bond acceptors (Lipinski definition) is 4. The summed E-state index contributed by atoms with van der Waals surface area (Å²) in [5.74, 6) is -2.75. The summed E-state index contributed by atoms with van der Waals surface area (Å²) in [5.41, 5.74) is -0.508. The van der Waals surface area contributed by atoms with E-state index in [-0.39, 0.29) is 32.3 Å². The van der Waals surface area contributed by atoms with Gasteiger partial charge in [-0.05, 0) is 31.1 Å². The molecule has 1 amide bonds. The molecule has 5 nitrogen and oxygen atoms in total. The van der Waals surface area contributed by atoms with Gasteiger partial charge in [0.2, 0.25) is 5.92 Å². The van der Waals surface area contributed by atoms with E-state index in [1.54, 1.807) is 0 Å². The average molecular weight is 369 g/mol. The van der Waals surface area contributed by atoms with E-state index >= 15 is 0 Å². The van der Waals surface area contributed by atoms with Gasteiger partial charge in [-0.3, -0.25) is 0 Å². The van der Waals surface area contributed by atoms with Crippen molar-refractivity contribution in [3.05, 3.63) is 0 Å². The van der Waals surface area contributed by atoms with Gasteiger partial charge in [-0.2, -0.15) is 0 Å². The first-order valence-electron chi connectivity index (χ1n) is 8.35. The van der Waals surface area contributed by atoms with Crippen LogP contribution in [0.2, 0.25) is 0 Å². The van der Waals surface area contributed by atoms with Gasteiger partial charge in [0.1, 0.15) is 0 Å². The highest BCUT2D eigenvalue weighted by molar-refractivity contribution is 7.92. The lowest BCUT2D eigenvalue weighted by molar-refractivity contribution is -0.0329. The number of halogens is 2. The number of nitrogens with one attached hydrogen (secondary N) is 1. The maximum absolute atomic E-state index is 13.3. The van der Waals surface area contributed by atoms with Gasteiger partial charge in [0, 0.05) is 19.9 Å². The molecule has 1 rings (SSSR count). The highest BCUT2D eigenvalue weighted by Gasteiger charge is 2.45. The van der Waals surface area contributed by atoms with E-state index in [1.165, 1.54) is 7.05 Å². The van der Waals surface area contributed by atoms with Gasteiger partial charge in [0.15, 0.2) is 9.84 Å². The molecule has 8 heteroatoms. The van der Waals surface area contributed by atoms with Gasteiger partial charge in [0.05, 0.1) is 17.1 Å². The van der Waals surface area contributed by atoms with Gasteiger partial charge in [-0.1, -0.05) is 20.8 Å². The number of carbonyl (C=O) groups excluding carboxylic acids is 1. The third-order valence-electron chi connectivity index (χ3n) is 4.54. The van der Waals surface area contributed by atoms with Crippen LogP contribution in [-0.4, -0.2) is 44.6 Å². The lowest BCUT2D eigenvalue weighted by Crippen LogP contribution is -2.43. The summed E-state index contributed by atoms with van der Waals surface area (Å²) >= 11 is 0. The minimum atomic E-state index is -3.53. The van der Waals surface area contributed by atoms with Crippen molar-refractivity contribution in [1.82, 2.24) is 5.32 Å². The summed E-state index contributed by atoms with van der Waals surface area (Å²) in [6, 6.07) is 0. The molecule has 0 aromatic heterocycles. The van der Waals surface area contributed by atoms with Crippen LogP contribution in [0.15, 0.2) is 0 Å². The first-order valence-corrected chi connectivity index (χ1v) is 9.96. The maximum Gasteiger partial charge on any atom is 0.406 e. The fraction of sp³-hybridized carbons (Fsp3) is 0.938. The van der Waals surface area contributed by atoms with Crippen molar-refractivity contribution < 1.29 is 26.7 Å². The second-order valence-corrected chi connectivity index (χ2v) is 9.94. The number of alkyl halides is 2. The summed E-state index contributed by atoms with van der Waals surface area (Å²) < 4.78 is 57.4. The van der Waals surface area contributed by atoms with E-state index in [9.17, 15) is 22.0 Å². The normalized spacial score (nSPS) is 20.4. The Kier molecular flexibility index (Phi) is 7.02. The molecule has 0 spiro atoms. The molecule has 24 heavy (non-hydrogen) atoms. The van der Waals surface area contributed by atoms with Crippen LogP contribution < -0.4 is 5.32 Å². The molecular formula is C16H29F2NO4S. The zero-order valence-electron chi connectivity index (χ0n) is 14.9. The molecule has 142 valence electrons. The van der Waals surface area contributed by atoms with Gasteiger partial charge in [0.25, 0.3) is 0 Å². The van der Waals surface area contributed by atoms with Crippen LogP contribution in [0, 0.1) is 5.41 Å². The van der Waals surface area contributed by atoms with Crippen molar-refractivity contribution >= 4 is 15.9 Å². The van der Waals surface area contributed by atoms with Crippen LogP contribution in [0.25, 0.3) is 0 Å². The molecule has 0 aliphatic heterocycles. The summed E-state index contributed by atoms with van der Waals surface area (Å²) in [7, 11) is -2.08. The van der Waals surface area contributed by atoms with Crippen LogP contribution in [-0.2, 0) is 14.6 Å². The fourth-order valence-corrected chi connectivity index (χ4v) is 6.01. The number of rotatable bonds is 6. The predicted octanol–water partition coefficient (Wildman–Crippen LogP) is 3.53. The molecule has 0 aromatic carbocycles. The number of sulfone groups is 1. The number of ether oxygens (including phenoxy) is 1. The van der Waals surface area contributed by atoms with Crippen LogP contribution in [0.1, 0.15) is 59.3 Å². The lowest BCUT2D eigenvalue weighted by Gasteiger charge is -2.36. The Balaban J connectivity index is 2.74. The number of alkyl carbamates (subject to hydrolysis) is 1. The minimum absolute atomic E-state index is 0.0106. The molecule has 0 radical (unpaired) electrons. The monoisotopic (exact) mass is 369 g/mol. The second-order valence-electron chi connectivity index (χ2n) is 7.53. The topological polar surface area (TPSA) is 72.5 Å². The van der Waals surface area contributed by atoms with E-state index < -0.39 is 37.8 Å². The van der Waals surface area contributed by atoms with E-state index in [2.05, 4.69) is 5.32 Å². The molecule has 1 aliphatic carbocycles. The molecular weight excluding hydrogens is 340 g/mol. The zero-order valence-corrected chi connectivity index (χ0v) is 15.7. The quantitative estimate of drug-likeness (QED) is 0.727. The lowest BCUT2D eigenvalue weighted by atomic mass is 9.89. The first kappa shape index (κ1) is 21.1. The summed E-state index contributed by atoms with van der Waals surface area (Å²) in [4.78, 5) is 11.0. The molecule has 1 atom stereocenters. The van der Waals surface area contributed by atoms with Crippen molar-refractivity contribution in [2.75, 3.05) is 13.7 Å². The van der Waals surface area contributed by atoms with Gasteiger partial charge in [-0.25, -0.2) is 22.0 Å². The maximum atomic E-state index is 13.3. The van der Waals surface area contributed by atoms with Crippen molar-refractivity contribution in [2.24, 2.45) is 5.41 Å².